The second-order valence-corrected chi connectivity index (χ2v) is 7.57. The van der Waals surface area contributed by atoms with E-state index < -0.39 is 0 Å². The van der Waals surface area contributed by atoms with E-state index in [0.717, 1.165) is 0 Å². The van der Waals surface area contributed by atoms with Gasteiger partial charge in [0, 0.05) is 5.56 Å². The first-order valence-electron chi connectivity index (χ1n) is 10.4. The molecule has 0 bridgehead atoms. The molecule has 4 aromatic rings. The fourth-order valence-electron chi connectivity index (χ4n) is 3.78. The Hall–Kier alpha value is -4.13. The molecule has 3 aromatic carbocycles. The number of rotatable bonds is 4. The summed E-state index contributed by atoms with van der Waals surface area (Å²) < 4.78 is 13.1. The lowest BCUT2D eigenvalue weighted by atomic mass is 10.1. The van der Waals surface area contributed by atoms with Crippen LogP contribution in [0.1, 0.15) is 16.2 Å². The highest BCUT2D eigenvalue weighted by molar-refractivity contribution is 5.94. The van der Waals surface area contributed by atoms with Gasteiger partial charge in [0.05, 0.1) is 23.1 Å². The third-order valence-corrected chi connectivity index (χ3v) is 5.39. The van der Waals surface area contributed by atoms with Crippen molar-refractivity contribution >= 4 is 16.8 Å². The number of hydrogen-bond donors (Lipinski definition) is 1. The molecule has 0 aliphatic carbocycles. The van der Waals surface area contributed by atoms with Crippen molar-refractivity contribution in [1.29, 1.82) is 0 Å². The number of nitrogens with one attached hydrogen (secondary N) is 1. The molecular weight excluding hydrogens is 406 g/mol. The maximum absolute atomic E-state index is 13.0. The quantitative estimate of drug-likeness (QED) is 0.541. The van der Waals surface area contributed by atoms with Crippen LogP contribution in [0.2, 0.25) is 0 Å². The van der Waals surface area contributed by atoms with Crippen molar-refractivity contribution < 1.29 is 14.3 Å². The lowest BCUT2D eigenvalue weighted by Crippen LogP contribution is -2.40. The van der Waals surface area contributed by atoms with Crippen molar-refractivity contribution in [3.8, 4) is 17.2 Å². The number of carbonyl (C=O) groups excluding carboxylic acids is 1. The van der Waals surface area contributed by atoms with Crippen LogP contribution < -0.4 is 20.3 Å². The zero-order valence-electron chi connectivity index (χ0n) is 17.4. The van der Waals surface area contributed by atoms with Gasteiger partial charge in [0.15, 0.2) is 11.5 Å². The second-order valence-electron chi connectivity index (χ2n) is 7.57. The monoisotopic (exact) mass is 427 g/mol. The average molecular weight is 427 g/mol. The molecule has 0 saturated heterocycles. The predicted octanol–water partition coefficient (Wildman–Crippen LogP) is 3.26. The topological polar surface area (TPSA) is 82.5 Å². The summed E-state index contributed by atoms with van der Waals surface area (Å²) in [6.45, 7) is 2.48. The Labute approximate surface area is 184 Å². The summed E-state index contributed by atoms with van der Waals surface area (Å²) in [7, 11) is 0. The van der Waals surface area contributed by atoms with Gasteiger partial charge in [-0.25, -0.2) is 4.98 Å². The molecule has 2 heterocycles. The minimum atomic E-state index is -0.266. The van der Waals surface area contributed by atoms with E-state index in [0.29, 0.717) is 52.6 Å². The van der Waals surface area contributed by atoms with Gasteiger partial charge in [-0.3, -0.25) is 14.2 Å². The Kier molecular flexibility index (Phi) is 5.07. The zero-order valence-corrected chi connectivity index (χ0v) is 17.4. The van der Waals surface area contributed by atoms with Gasteiger partial charge >= 0.3 is 0 Å². The molecule has 160 valence electrons. The number of amides is 1. The Bertz CT molecular complexity index is 1360. The van der Waals surface area contributed by atoms with Crippen molar-refractivity contribution in [3.05, 3.63) is 94.5 Å². The molecule has 0 spiro atoms. The summed E-state index contributed by atoms with van der Waals surface area (Å²) in [6, 6.07) is 21.6. The van der Waals surface area contributed by atoms with Crippen LogP contribution in [0.3, 0.4) is 0 Å². The van der Waals surface area contributed by atoms with Gasteiger partial charge in [0.2, 0.25) is 0 Å². The van der Waals surface area contributed by atoms with Crippen LogP contribution in [0.4, 0.5) is 0 Å². The molecule has 0 saturated carbocycles. The Morgan fingerprint density at radius 3 is 2.56 bits per heavy atom. The van der Waals surface area contributed by atoms with Crippen molar-refractivity contribution in [2.45, 2.75) is 13.0 Å². The molecule has 7 nitrogen and oxygen atoms in total. The zero-order chi connectivity index (χ0) is 22.1. The fraction of sp³-hybridized carbons (Fsp3) is 0.160. The van der Waals surface area contributed by atoms with Crippen LogP contribution >= 0.6 is 0 Å². The van der Waals surface area contributed by atoms with Crippen molar-refractivity contribution in [2.75, 3.05) is 13.2 Å². The minimum Gasteiger partial charge on any atom is -0.486 e. The third-order valence-electron chi connectivity index (χ3n) is 5.39. The number of aryl methyl sites for hydroxylation is 1. The number of carbonyl (C=O) groups is 1. The van der Waals surface area contributed by atoms with Crippen LogP contribution in [-0.2, 0) is 0 Å². The normalized spacial score (nSPS) is 14.8. The van der Waals surface area contributed by atoms with Gasteiger partial charge in [-0.05, 0) is 55.5 Å². The van der Waals surface area contributed by atoms with Crippen molar-refractivity contribution in [1.82, 2.24) is 14.9 Å². The van der Waals surface area contributed by atoms with Gasteiger partial charge in [0.1, 0.15) is 18.5 Å². The van der Waals surface area contributed by atoms with Crippen LogP contribution in [-0.4, -0.2) is 34.7 Å². The van der Waals surface area contributed by atoms with Crippen LogP contribution in [0.5, 0.6) is 11.5 Å². The molecule has 1 N–H and O–H groups in total. The molecular formula is C25H21N3O4. The van der Waals surface area contributed by atoms with E-state index in [2.05, 4.69) is 10.3 Å². The van der Waals surface area contributed by atoms with E-state index in [1.807, 2.05) is 42.5 Å². The van der Waals surface area contributed by atoms with Gasteiger partial charge in [-0.1, -0.05) is 24.3 Å². The molecule has 7 heteroatoms. The molecule has 1 amide bonds. The maximum atomic E-state index is 13.0. The number of fused-ring (bicyclic) bond motifs is 2. The summed E-state index contributed by atoms with van der Waals surface area (Å²) >= 11 is 0. The van der Waals surface area contributed by atoms with Crippen molar-refractivity contribution in [2.24, 2.45) is 0 Å². The smallest absolute Gasteiger partial charge is 0.265 e. The van der Waals surface area contributed by atoms with Crippen LogP contribution in [0.25, 0.3) is 16.6 Å². The molecule has 0 radical (unpaired) electrons. The Morgan fingerprint density at radius 2 is 1.75 bits per heavy atom. The molecule has 5 rings (SSSR count). The second kappa shape index (κ2) is 8.19. The highest BCUT2D eigenvalue weighted by Crippen LogP contribution is 2.30. The van der Waals surface area contributed by atoms with E-state index in [1.54, 1.807) is 41.8 Å². The van der Waals surface area contributed by atoms with E-state index >= 15 is 0 Å². The highest BCUT2D eigenvalue weighted by atomic mass is 16.6. The number of aromatic nitrogens is 2. The van der Waals surface area contributed by atoms with E-state index in [-0.39, 0.29) is 17.6 Å². The number of benzene rings is 3. The number of para-hydroxylation sites is 3. The predicted molar refractivity (Wildman–Crippen MR) is 121 cm³/mol. The summed E-state index contributed by atoms with van der Waals surface area (Å²) in [4.78, 5) is 30.1. The Balaban J connectivity index is 1.30. The standard InChI is InChI=1S/C25H21N3O4/c1-16-27-21-7-3-2-6-20(21)25(30)28(16)18-12-10-17(11-13-18)24(29)26-14-19-15-31-22-8-4-5-9-23(22)32-19/h2-13,19H,14-15H2,1H3,(H,26,29)/t19-/m1/s1. The highest BCUT2D eigenvalue weighted by Gasteiger charge is 2.21. The number of hydrogen-bond acceptors (Lipinski definition) is 5. The molecule has 1 aromatic heterocycles. The molecule has 0 fully saturated rings. The first-order chi connectivity index (χ1) is 15.6. The molecule has 1 aliphatic heterocycles. The molecule has 32 heavy (non-hydrogen) atoms. The SMILES string of the molecule is Cc1nc2ccccc2c(=O)n1-c1ccc(C(=O)NC[C@@H]2COc3ccccc3O2)cc1. The average Bonchev–Trinajstić information content (AvgIpc) is 2.83. The lowest BCUT2D eigenvalue weighted by molar-refractivity contribution is 0.0789. The van der Waals surface area contributed by atoms with E-state index in [1.165, 1.54) is 0 Å². The van der Waals surface area contributed by atoms with Gasteiger partial charge in [0.25, 0.3) is 11.5 Å². The van der Waals surface area contributed by atoms with E-state index in [4.69, 9.17) is 9.47 Å². The van der Waals surface area contributed by atoms with Gasteiger partial charge in [-0.2, -0.15) is 0 Å². The van der Waals surface area contributed by atoms with Gasteiger partial charge < -0.3 is 14.8 Å². The summed E-state index contributed by atoms with van der Waals surface area (Å²) in [5.74, 6) is 1.74. The molecule has 1 aliphatic rings. The maximum Gasteiger partial charge on any atom is 0.265 e. The van der Waals surface area contributed by atoms with Crippen molar-refractivity contribution in [3.63, 3.8) is 0 Å². The summed E-state index contributed by atoms with van der Waals surface area (Å²) in [5.41, 5.74) is 1.67. The van der Waals surface area contributed by atoms with Crippen LogP contribution in [0.15, 0.2) is 77.6 Å². The van der Waals surface area contributed by atoms with E-state index in [9.17, 15) is 9.59 Å². The third kappa shape index (κ3) is 3.69. The molecule has 0 unspecified atom stereocenters. The van der Waals surface area contributed by atoms with Gasteiger partial charge in [-0.15, -0.1) is 0 Å². The molecule has 1 atom stereocenters. The minimum absolute atomic E-state index is 0.139. The number of nitrogens with zero attached hydrogens (tertiary/aromatic N) is 2. The first kappa shape index (κ1) is 19.8. The fourth-order valence-corrected chi connectivity index (χ4v) is 3.78. The first-order valence-corrected chi connectivity index (χ1v) is 10.4. The lowest BCUT2D eigenvalue weighted by Gasteiger charge is -2.26. The van der Waals surface area contributed by atoms with Crippen LogP contribution in [0, 0.1) is 6.92 Å². The Morgan fingerprint density at radius 1 is 1.03 bits per heavy atom. The number of ether oxygens (including phenoxy) is 2. The summed E-state index contributed by atoms with van der Waals surface area (Å²) in [6.07, 6.45) is -0.266. The summed E-state index contributed by atoms with van der Waals surface area (Å²) in [5, 5.41) is 3.43. The largest absolute Gasteiger partial charge is 0.486 e.